The predicted octanol–water partition coefficient (Wildman–Crippen LogP) is 1.11. The number of carboxylic acid groups (broad SMARTS) is 1. The van der Waals surface area contributed by atoms with Gasteiger partial charge in [-0.3, -0.25) is 0 Å². The standard InChI is InChI=1S/C11H18O5/c1-3-4-5-9(12)6-8(7-10(13)14)11(15)16-2/h7,9,12H,3-6H2,1-2H3,(H,13,14)/b8-7-. The van der Waals surface area contributed by atoms with Gasteiger partial charge in [0, 0.05) is 18.1 Å². The maximum absolute atomic E-state index is 11.2. The SMILES string of the molecule is CCCCC(O)C/C(=C/C(=O)O)C(=O)OC. The summed E-state index contributed by atoms with van der Waals surface area (Å²) in [5, 5.41) is 18.1. The van der Waals surface area contributed by atoms with Crippen LogP contribution in [0.3, 0.4) is 0 Å². The molecule has 0 aromatic rings. The second-order valence-corrected chi connectivity index (χ2v) is 3.50. The number of aliphatic hydroxyl groups excluding tert-OH is 1. The van der Waals surface area contributed by atoms with Gasteiger partial charge in [0.2, 0.25) is 0 Å². The van der Waals surface area contributed by atoms with Gasteiger partial charge >= 0.3 is 11.9 Å². The van der Waals surface area contributed by atoms with E-state index in [-0.39, 0.29) is 12.0 Å². The number of hydrogen-bond donors (Lipinski definition) is 2. The van der Waals surface area contributed by atoms with Gasteiger partial charge in [0.15, 0.2) is 0 Å². The number of carboxylic acids is 1. The molecular weight excluding hydrogens is 212 g/mol. The fraction of sp³-hybridized carbons (Fsp3) is 0.636. The van der Waals surface area contributed by atoms with Crippen molar-refractivity contribution in [2.24, 2.45) is 0 Å². The van der Waals surface area contributed by atoms with Crippen LogP contribution in [0.2, 0.25) is 0 Å². The first kappa shape index (κ1) is 14.6. The Morgan fingerprint density at radius 2 is 2.06 bits per heavy atom. The number of carbonyl (C=O) groups excluding carboxylic acids is 1. The van der Waals surface area contributed by atoms with Crippen LogP contribution >= 0.6 is 0 Å². The maximum Gasteiger partial charge on any atom is 0.334 e. The molecule has 92 valence electrons. The number of methoxy groups -OCH3 is 1. The Kier molecular flexibility index (Phi) is 7.20. The van der Waals surface area contributed by atoms with E-state index in [0.717, 1.165) is 18.9 Å². The molecule has 0 spiro atoms. The average Bonchev–Trinajstić information content (AvgIpc) is 2.23. The number of hydrogen-bond acceptors (Lipinski definition) is 4. The van der Waals surface area contributed by atoms with Crippen molar-refractivity contribution >= 4 is 11.9 Å². The minimum Gasteiger partial charge on any atom is -0.478 e. The molecule has 1 unspecified atom stereocenters. The second kappa shape index (κ2) is 7.87. The highest BCUT2D eigenvalue weighted by atomic mass is 16.5. The number of esters is 1. The fourth-order valence-electron chi connectivity index (χ4n) is 1.28. The highest BCUT2D eigenvalue weighted by Gasteiger charge is 2.16. The molecule has 0 aromatic carbocycles. The monoisotopic (exact) mass is 230 g/mol. The summed E-state index contributed by atoms with van der Waals surface area (Å²) in [5.74, 6) is -1.93. The Morgan fingerprint density at radius 3 is 2.50 bits per heavy atom. The van der Waals surface area contributed by atoms with E-state index in [1.54, 1.807) is 0 Å². The lowest BCUT2D eigenvalue weighted by atomic mass is 10.0. The fourth-order valence-corrected chi connectivity index (χ4v) is 1.28. The van der Waals surface area contributed by atoms with Crippen LogP contribution in [0.1, 0.15) is 32.6 Å². The van der Waals surface area contributed by atoms with Gasteiger partial charge in [0.1, 0.15) is 0 Å². The van der Waals surface area contributed by atoms with E-state index in [9.17, 15) is 14.7 Å². The van der Waals surface area contributed by atoms with Crippen molar-refractivity contribution in [3.63, 3.8) is 0 Å². The largest absolute Gasteiger partial charge is 0.478 e. The summed E-state index contributed by atoms with van der Waals surface area (Å²) in [6, 6.07) is 0. The van der Waals surface area contributed by atoms with E-state index in [4.69, 9.17) is 5.11 Å². The molecule has 5 nitrogen and oxygen atoms in total. The summed E-state index contributed by atoms with van der Waals surface area (Å²) in [7, 11) is 1.18. The zero-order valence-corrected chi connectivity index (χ0v) is 9.60. The molecular formula is C11H18O5. The molecule has 0 saturated heterocycles. The van der Waals surface area contributed by atoms with Crippen molar-refractivity contribution in [2.75, 3.05) is 7.11 Å². The molecule has 0 aliphatic rings. The summed E-state index contributed by atoms with van der Waals surface area (Å²) in [5.41, 5.74) is -0.0152. The Bertz CT molecular complexity index is 270. The van der Waals surface area contributed by atoms with Crippen LogP contribution in [-0.4, -0.2) is 35.4 Å². The first-order valence-electron chi connectivity index (χ1n) is 5.21. The van der Waals surface area contributed by atoms with Gasteiger partial charge in [0.05, 0.1) is 13.2 Å². The van der Waals surface area contributed by atoms with Gasteiger partial charge in [0.25, 0.3) is 0 Å². The van der Waals surface area contributed by atoms with Crippen LogP contribution in [0.4, 0.5) is 0 Å². The van der Waals surface area contributed by atoms with Gasteiger partial charge in [-0.05, 0) is 6.42 Å². The summed E-state index contributed by atoms with van der Waals surface area (Å²) in [6.45, 7) is 1.99. The molecule has 16 heavy (non-hydrogen) atoms. The van der Waals surface area contributed by atoms with Gasteiger partial charge < -0.3 is 14.9 Å². The highest BCUT2D eigenvalue weighted by Crippen LogP contribution is 2.12. The summed E-state index contributed by atoms with van der Waals surface area (Å²) < 4.78 is 4.44. The smallest absolute Gasteiger partial charge is 0.334 e. The van der Waals surface area contributed by atoms with Crippen molar-refractivity contribution in [3.8, 4) is 0 Å². The Balaban J connectivity index is 4.43. The molecule has 0 bridgehead atoms. The molecule has 0 heterocycles. The molecule has 5 heteroatoms. The summed E-state index contributed by atoms with van der Waals surface area (Å²) >= 11 is 0. The van der Waals surface area contributed by atoms with E-state index in [0.29, 0.717) is 6.42 Å². The Hall–Kier alpha value is -1.36. The van der Waals surface area contributed by atoms with Crippen LogP contribution in [0, 0.1) is 0 Å². The minimum absolute atomic E-state index is 0.0129. The van der Waals surface area contributed by atoms with Crippen molar-refractivity contribution in [1.29, 1.82) is 0 Å². The molecule has 0 aliphatic heterocycles. The van der Waals surface area contributed by atoms with Crippen LogP contribution in [0.5, 0.6) is 0 Å². The molecule has 0 rings (SSSR count). The van der Waals surface area contributed by atoms with E-state index >= 15 is 0 Å². The van der Waals surface area contributed by atoms with Gasteiger partial charge in [-0.25, -0.2) is 9.59 Å². The lowest BCUT2D eigenvalue weighted by Crippen LogP contribution is -2.15. The number of aliphatic hydroxyl groups is 1. The number of carbonyl (C=O) groups is 2. The Morgan fingerprint density at radius 1 is 1.44 bits per heavy atom. The topological polar surface area (TPSA) is 83.8 Å². The predicted molar refractivity (Wildman–Crippen MR) is 57.9 cm³/mol. The number of ether oxygens (including phenoxy) is 1. The highest BCUT2D eigenvalue weighted by molar-refractivity contribution is 5.95. The van der Waals surface area contributed by atoms with E-state index < -0.39 is 18.0 Å². The quantitative estimate of drug-likeness (QED) is 0.505. The normalized spacial score (nSPS) is 13.3. The van der Waals surface area contributed by atoms with Crippen LogP contribution < -0.4 is 0 Å². The molecule has 0 fully saturated rings. The van der Waals surface area contributed by atoms with Gasteiger partial charge in [-0.15, -0.1) is 0 Å². The zero-order valence-electron chi connectivity index (χ0n) is 9.60. The molecule has 0 radical (unpaired) electrons. The molecule has 0 aliphatic carbocycles. The lowest BCUT2D eigenvalue weighted by molar-refractivity contribution is -0.138. The Labute approximate surface area is 94.7 Å². The van der Waals surface area contributed by atoms with Crippen molar-refractivity contribution in [3.05, 3.63) is 11.6 Å². The van der Waals surface area contributed by atoms with E-state index in [2.05, 4.69) is 4.74 Å². The third-order valence-corrected chi connectivity index (χ3v) is 2.09. The first-order chi connectivity index (χ1) is 7.51. The summed E-state index contributed by atoms with van der Waals surface area (Å²) in [6.07, 6.45) is 2.41. The zero-order chi connectivity index (χ0) is 12.6. The van der Waals surface area contributed by atoms with Crippen LogP contribution in [0.15, 0.2) is 11.6 Å². The van der Waals surface area contributed by atoms with Crippen LogP contribution in [0.25, 0.3) is 0 Å². The van der Waals surface area contributed by atoms with E-state index in [1.807, 2.05) is 6.92 Å². The lowest BCUT2D eigenvalue weighted by Gasteiger charge is -2.11. The van der Waals surface area contributed by atoms with Crippen molar-refractivity contribution in [2.45, 2.75) is 38.7 Å². The first-order valence-corrected chi connectivity index (χ1v) is 5.21. The molecule has 0 amide bonds. The number of unbranched alkanes of at least 4 members (excludes halogenated alkanes) is 1. The van der Waals surface area contributed by atoms with Crippen LogP contribution in [-0.2, 0) is 14.3 Å². The molecule has 1 atom stereocenters. The second-order valence-electron chi connectivity index (χ2n) is 3.50. The third-order valence-electron chi connectivity index (χ3n) is 2.09. The molecule has 2 N–H and O–H groups in total. The molecule has 0 saturated carbocycles. The average molecular weight is 230 g/mol. The van der Waals surface area contributed by atoms with Gasteiger partial charge in [-0.2, -0.15) is 0 Å². The minimum atomic E-state index is -1.22. The third kappa shape index (κ3) is 6.19. The van der Waals surface area contributed by atoms with Gasteiger partial charge in [-0.1, -0.05) is 19.8 Å². The number of aliphatic carboxylic acids is 1. The van der Waals surface area contributed by atoms with E-state index in [1.165, 1.54) is 7.11 Å². The van der Waals surface area contributed by atoms with Crippen molar-refractivity contribution < 1.29 is 24.5 Å². The maximum atomic E-state index is 11.2. The molecule has 0 aromatic heterocycles. The van der Waals surface area contributed by atoms with Crippen molar-refractivity contribution in [1.82, 2.24) is 0 Å². The summed E-state index contributed by atoms with van der Waals surface area (Å²) in [4.78, 5) is 21.7. The number of rotatable bonds is 7.